The Labute approximate surface area is 149 Å². The lowest BCUT2D eigenvalue weighted by Crippen LogP contribution is -2.45. The van der Waals surface area contributed by atoms with Crippen LogP contribution in [0, 0.1) is 5.92 Å². The van der Waals surface area contributed by atoms with E-state index in [4.69, 9.17) is 0 Å². The van der Waals surface area contributed by atoms with Gasteiger partial charge in [-0.3, -0.25) is 4.79 Å². The zero-order valence-electron chi connectivity index (χ0n) is 14.0. The van der Waals surface area contributed by atoms with Crippen molar-refractivity contribution in [3.63, 3.8) is 0 Å². The van der Waals surface area contributed by atoms with Crippen LogP contribution in [-0.4, -0.2) is 38.6 Å². The second-order valence-corrected chi connectivity index (χ2v) is 8.27. The van der Waals surface area contributed by atoms with Crippen molar-refractivity contribution in [3.05, 3.63) is 29.1 Å². The second kappa shape index (κ2) is 7.51. The van der Waals surface area contributed by atoms with Crippen LogP contribution in [0.5, 0.6) is 0 Å². The summed E-state index contributed by atoms with van der Waals surface area (Å²) in [5.41, 5.74) is 0. The maximum Gasteiger partial charge on any atom is 0.349 e. The fraction of sp³-hybridized carbons (Fsp3) is 0.375. The lowest BCUT2D eigenvalue weighted by molar-refractivity contribution is -0.140. The smallest absolute Gasteiger partial charge is 0.349 e. The molecule has 1 aromatic heterocycles. The molecule has 1 aromatic carbocycles. The summed E-state index contributed by atoms with van der Waals surface area (Å²) in [5.74, 6) is -2.46. The lowest BCUT2D eigenvalue weighted by Gasteiger charge is -2.20. The van der Waals surface area contributed by atoms with Crippen molar-refractivity contribution in [1.29, 1.82) is 0 Å². The highest BCUT2D eigenvalue weighted by Gasteiger charge is 2.34. The Kier molecular flexibility index (Phi) is 5.81. The van der Waals surface area contributed by atoms with E-state index >= 15 is 0 Å². The van der Waals surface area contributed by atoms with E-state index in [0.717, 1.165) is 18.4 Å². The predicted octanol–water partition coefficient (Wildman–Crippen LogP) is 2.47. The highest BCUT2D eigenvalue weighted by Crippen LogP contribution is 2.35. The molecule has 25 heavy (non-hydrogen) atoms. The first kappa shape index (κ1) is 19.4. The van der Waals surface area contributed by atoms with E-state index < -0.39 is 33.9 Å². The number of carbonyl (C=O) groups excluding carboxylic acids is 1. The summed E-state index contributed by atoms with van der Waals surface area (Å²) >= 11 is 0.992. The maximum atomic E-state index is 12.9. The average molecular weight is 385 g/mol. The third-order valence-electron chi connectivity index (χ3n) is 3.95. The molecule has 2 atom stereocenters. The Bertz CT molecular complexity index is 902. The van der Waals surface area contributed by atoms with Crippen LogP contribution in [0.15, 0.2) is 29.2 Å². The quantitative estimate of drug-likeness (QED) is 0.709. The summed E-state index contributed by atoms with van der Waals surface area (Å²) in [5, 5.41) is 9.71. The number of hydrogen-bond acceptors (Lipinski definition) is 6. The molecule has 0 unspecified atom stereocenters. The van der Waals surface area contributed by atoms with E-state index in [0.29, 0.717) is 16.5 Å². The summed E-state index contributed by atoms with van der Waals surface area (Å²) in [7, 11) is -3.09. The van der Waals surface area contributed by atoms with Crippen LogP contribution in [0.1, 0.15) is 29.9 Å². The molecule has 0 bridgehead atoms. The molecule has 0 radical (unpaired) electrons. The number of aliphatic carboxylic acids is 1. The van der Waals surface area contributed by atoms with E-state index in [2.05, 4.69) is 9.46 Å². The molecule has 0 saturated heterocycles. The number of carboxylic acid groups (broad SMARTS) is 1. The highest BCUT2D eigenvalue weighted by molar-refractivity contribution is 7.90. The van der Waals surface area contributed by atoms with Gasteiger partial charge in [0, 0.05) is 10.1 Å². The number of thiophene rings is 1. The van der Waals surface area contributed by atoms with Crippen molar-refractivity contribution >= 4 is 43.4 Å². The van der Waals surface area contributed by atoms with E-state index in [1.807, 2.05) is 0 Å². The average Bonchev–Trinajstić information content (AvgIpc) is 2.98. The summed E-state index contributed by atoms with van der Waals surface area (Å²) in [6, 6.07) is 5.35. The summed E-state index contributed by atoms with van der Waals surface area (Å²) in [6.45, 7) is 3.42. The fourth-order valence-corrected chi connectivity index (χ4v) is 5.50. The number of fused-ring (bicyclic) bond motifs is 1. The molecule has 0 amide bonds. The highest BCUT2D eigenvalue weighted by atomic mass is 32.2. The van der Waals surface area contributed by atoms with Gasteiger partial charge >= 0.3 is 11.9 Å². The Morgan fingerprint density at radius 3 is 2.52 bits per heavy atom. The van der Waals surface area contributed by atoms with Crippen molar-refractivity contribution in [3.8, 4) is 0 Å². The molecule has 2 N–H and O–H groups in total. The van der Waals surface area contributed by atoms with Gasteiger partial charge in [0.2, 0.25) is 10.0 Å². The molecular weight excluding hydrogens is 366 g/mol. The minimum Gasteiger partial charge on any atom is -0.480 e. The minimum absolute atomic E-state index is 0.0792. The Hall–Kier alpha value is -1.97. The number of carboxylic acids is 1. The van der Waals surface area contributed by atoms with Gasteiger partial charge in [-0.25, -0.2) is 13.2 Å². The molecule has 9 heteroatoms. The molecule has 2 rings (SSSR count). The first-order chi connectivity index (χ1) is 11.7. The number of carbonyl (C=O) groups is 2. The third kappa shape index (κ3) is 3.83. The Morgan fingerprint density at radius 2 is 1.96 bits per heavy atom. The standard InChI is InChI=1S/C16H19NO6S2/c1-4-9(2)12(15(18)19)17-25(21,22)14-10-7-5-6-8-11(10)24-13(14)16(20)23-3/h5-9,12,17H,4H2,1-3H3,(H,18,19)/t9-,12-/m0/s1. The van der Waals surface area contributed by atoms with E-state index in [9.17, 15) is 23.1 Å². The zero-order chi connectivity index (χ0) is 18.8. The van der Waals surface area contributed by atoms with Crippen molar-refractivity contribution in [2.75, 3.05) is 7.11 Å². The fourth-order valence-electron chi connectivity index (χ4n) is 2.39. The van der Waals surface area contributed by atoms with Gasteiger partial charge in [0.1, 0.15) is 15.8 Å². The lowest BCUT2D eigenvalue weighted by atomic mass is 10.0. The monoisotopic (exact) mass is 385 g/mol. The SMILES string of the molecule is CC[C@H](C)[C@H](NS(=O)(=O)c1c(C(=O)OC)sc2ccccc12)C(=O)O. The Morgan fingerprint density at radius 1 is 1.32 bits per heavy atom. The number of sulfonamides is 1. The van der Waals surface area contributed by atoms with Gasteiger partial charge in [-0.15, -0.1) is 11.3 Å². The van der Waals surface area contributed by atoms with Crippen LogP contribution in [0.25, 0.3) is 10.1 Å². The number of methoxy groups -OCH3 is 1. The van der Waals surface area contributed by atoms with E-state index in [1.165, 1.54) is 0 Å². The van der Waals surface area contributed by atoms with Gasteiger partial charge in [0.15, 0.2) is 0 Å². The van der Waals surface area contributed by atoms with Crippen LogP contribution < -0.4 is 4.72 Å². The summed E-state index contributed by atoms with van der Waals surface area (Å²) < 4.78 is 33.3. The minimum atomic E-state index is -4.25. The van der Waals surface area contributed by atoms with Gasteiger partial charge in [0.25, 0.3) is 0 Å². The number of hydrogen-bond donors (Lipinski definition) is 2. The molecule has 0 aliphatic carbocycles. The normalized spacial score (nSPS) is 14.2. The molecule has 2 aromatic rings. The first-order valence-corrected chi connectivity index (χ1v) is 9.87. The molecule has 136 valence electrons. The topological polar surface area (TPSA) is 110 Å². The largest absolute Gasteiger partial charge is 0.480 e. The zero-order valence-corrected chi connectivity index (χ0v) is 15.6. The second-order valence-electron chi connectivity index (χ2n) is 5.57. The van der Waals surface area contributed by atoms with Crippen LogP contribution in [0.2, 0.25) is 0 Å². The van der Waals surface area contributed by atoms with E-state index in [1.54, 1.807) is 38.1 Å². The van der Waals surface area contributed by atoms with Crippen molar-refractivity contribution in [1.82, 2.24) is 4.72 Å². The molecule has 0 aliphatic rings. The molecule has 1 heterocycles. The molecule has 0 aliphatic heterocycles. The van der Waals surface area contributed by atoms with Gasteiger partial charge in [0.05, 0.1) is 7.11 Å². The number of nitrogens with one attached hydrogen (secondary N) is 1. The third-order valence-corrected chi connectivity index (χ3v) is 6.76. The van der Waals surface area contributed by atoms with Crippen LogP contribution >= 0.6 is 11.3 Å². The number of ether oxygens (including phenoxy) is 1. The maximum absolute atomic E-state index is 12.9. The van der Waals surface area contributed by atoms with Crippen LogP contribution in [-0.2, 0) is 19.6 Å². The van der Waals surface area contributed by atoms with Crippen molar-refractivity contribution in [2.45, 2.75) is 31.2 Å². The molecule has 0 saturated carbocycles. The molecular formula is C16H19NO6S2. The van der Waals surface area contributed by atoms with Crippen LogP contribution in [0.4, 0.5) is 0 Å². The van der Waals surface area contributed by atoms with Gasteiger partial charge < -0.3 is 9.84 Å². The van der Waals surface area contributed by atoms with Gasteiger partial charge in [-0.05, 0) is 12.0 Å². The van der Waals surface area contributed by atoms with Gasteiger partial charge in [-0.1, -0.05) is 38.5 Å². The first-order valence-electron chi connectivity index (χ1n) is 7.57. The van der Waals surface area contributed by atoms with Gasteiger partial charge in [-0.2, -0.15) is 4.72 Å². The molecule has 0 spiro atoms. The number of benzene rings is 1. The van der Waals surface area contributed by atoms with E-state index in [-0.39, 0.29) is 9.77 Å². The predicted molar refractivity (Wildman–Crippen MR) is 94.4 cm³/mol. The molecule has 7 nitrogen and oxygen atoms in total. The van der Waals surface area contributed by atoms with Crippen LogP contribution in [0.3, 0.4) is 0 Å². The number of esters is 1. The summed E-state index contributed by atoms with van der Waals surface area (Å²) in [4.78, 5) is 23.2. The van der Waals surface area contributed by atoms with Crippen molar-refractivity contribution < 1.29 is 27.9 Å². The Balaban J connectivity index is 2.62. The number of rotatable bonds is 7. The summed E-state index contributed by atoms with van der Waals surface area (Å²) in [6.07, 6.45) is 0.480. The van der Waals surface area contributed by atoms with Crippen molar-refractivity contribution in [2.24, 2.45) is 5.92 Å². The molecule has 0 fully saturated rings.